The number of hydrogen-bond acceptors (Lipinski definition) is 1. The molecular formula is C10H15NSi. The van der Waals surface area contributed by atoms with E-state index in [4.69, 9.17) is 0 Å². The lowest BCUT2D eigenvalue weighted by atomic mass is 10.3. The molecular weight excluding hydrogens is 162 g/mol. The van der Waals surface area contributed by atoms with Crippen LogP contribution in [0.25, 0.3) is 0 Å². The van der Waals surface area contributed by atoms with Gasteiger partial charge in [-0.15, -0.1) is 5.73 Å². The quantitative estimate of drug-likeness (QED) is 0.505. The van der Waals surface area contributed by atoms with Crippen molar-refractivity contribution < 1.29 is 0 Å². The van der Waals surface area contributed by atoms with Crippen molar-refractivity contribution in [1.82, 2.24) is 4.98 Å². The fourth-order valence-electron chi connectivity index (χ4n) is 1.06. The summed E-state index contributed by atoms with van der Waals surface area (Å²) in [5.74, 6) is 0. The molecule has 0 atom stereocenters. The normalized spacial score (nSPS) is 15.9. The molecule has 0 amide bonds. The summed E-state index contributed by atoms with van der Waals surface area (Å²) in [5.41, 5.74) is 5.12. The first-order valence-corrected chi connectivity index (χ1v) is 7.59. The first kappa shape index (κ1) is 9.11. The van der Waals surface area contributed by atoms with Crippen LogP contribution in [0.3, 0.4) is 0 Å². The predicted molar refractivity (Wildman–Crippen MR) is 56.4 cm³/mol. The van der Waals surface area contributed by atoms with E-state index in [1.54, 1.807) is 0 Å². The van der Waals surface area contributed by atoms with Crippen molar-refractivity contribution in [3.8, 4) is 0 Å². The van der Waals surface area contributed by atoms with E-state index in [0.717, 1.165) is 5.57 Å². The molecule has 12 heavy (non-hydrogen) atoms. The van der Waals surface area contributed by atoms with Gasteiger partial charge in [0.05, 0.1) is 0 Å². The van der Waals surface area contributed by atoms with Crippen molar-refractivity contribution in [2.45, 2.75) is 19.6 Å². The topological polar surface area (TPSA) is 12.0 Å². The van der Waals surface area contributed by atoms with E-state index in [9.17, 15) is 0 Å². The monoisotopic (exact) mass is 177 g/mol. The summed E-state index contributed by atoms with van der Waals surface area (Å²) in [6.07, 6.45) is 6.17. The highest BCUT2D eigenvalue weighted by molar-refractivity contribution is 6.74. The molecule has 0 aromatic rings. The maximum atomic E-state index is 3.60. The second kappa shape index (κ2) is 3.17. The van der Waals surface area contributed by atoms with Gasteiger partial charge >= 0.3 is 0 Å². The van der Waals surface area contributed by atoms with Crippen LogP contribution in [0.2, 0.25) is 19.6 Å². The third-order valence-corrected chi connectivity index (χ3v) is 2.52. The first-order chi connectivity index (χ1) is 5.51. The SMILES string of the molecule is C=C=C1C=CC(N[Si](C)(C)C)=C1. The fourth-order valence-corrected chi connectivity index (χ4v) is 2.09. The molecule has 0 unspecified atom stereocenters. The van der Waals surface area contributed by atoms with E-state index >= 15 is 0 Å². The smallest absolute Gasteiger partial charge is 0.144 e. The summed E-state index contributed by atoms with van der Waals surface area (Å²) in [6.45, 7) is 10.4. The molecule has 1 aliphatic rings. The van der Waals surface area contributed by atoms with Crippen LogP contribution in [0.15, 0.2) is 41.8 Å². The van der Waals surface area contributed by atoms with E-state index in [0.29, 0.717) is 0 Å². The average Bonchev–Trinajstić information content (AvgIpc) is 2.32. The minimum Gasteiger partial charge on any atom is -0.411 e. The molecule has 64 valence electrons. The van der Waals surface area contributed by atoms with Crippen LogP contribution in [-0.2, 0) is 0 Å². The molecule has 0 aliphatic heterocycles. The number of allylic oxidation sites excluding steroid dienone is 4. The van der Waals surface area contributed by atoms with Crippen LogP contribution < -0.4 is 4.98 Å². The molecule has 0 fully saturated rings. The van der Waals surface area contributed by atoms with E-state index in [1.807, 2.05) is 6.08 Å². The van der Waals surface area contributed by atoms with Crippen molar-refractivity contribution in [1.29, 1.82) is 0 Å². The number of rotatable bonds is 2. The third kappa shape index (κ3) is 2.57. The zero-order chi connectivity index (χ0) is 9.19. The Morgan fingerprint density at radius 1 is 1.33 bits per heavy atom. The van der Waals surface area contributed by atoms with Crippen LogP contribution in [0.5, 0.6) is 0 Å². The first-order valence-electron chi connectivity index (χ1n) is 4.09. The van der Waals surface area contributed by atoms with Gasteiger partial charge in [-0.25, -0.2) is 0 Å². The highest BCUT2D eigenvalue weighted by Gasteiger charge is 2.14. The minimum atomic E-state index is -1.20. The second-order valence-electron chi connectivity index (χ2n) is 3.94. The molecule has 1 nitrogen and oxygen atoms in total. The molecule has 0 aromatic carbocycles. The summed E-state index contributed by atoms with van der Waals surface area (Å²) in [6, 6.07) is 0. The minimum absolute atomic E-state index is 1.07. The van der Waals surface area contributed by atoms with Gasteiger partial charge in [0.2, 0.25) is 0 Å². The maximum absolute atomic E-state index is 3.60. The van der Waals surface area contributed by atoms with Gasteiger partial charge in [0.1, 0.15) is 8.24 Å². The van der Waals surface area contributed by atoms with Gasteiger partial charge in [-0.2, -0.15) is 0 Å². The average molecular weight is 177 g/mol. The molecule has 2 heteroatoms. The zero-order valence-electron chi connectivity index (χ0n) is 7.94. The Morgan fingerprint density at radius 3 is 2.42 bits per heavy atom. The van der Waals surface area contributed by atoms with Crippen molar-refractivity contribution >= 4 is 8.24 Å². The lowest BCUT2D eigenvalue weighted by Gasteiger charge is -2.19. The van der Waals surface area contributed by atoms with Crippen LogP contribution in [0.1, 0.15) is 0 Å². The largest absolute Gasteiger partial charge is 0.411 e. The molecule has 0 spiro atoms. The lowest BCUT2D eigenvalue weighted by Crippen LogP contribution is -2.39. The summed E-state index contributed by atoms with van der Waals surface area (Å²) in [4.78, 5) is 3.51. The zero-order valence-corrected chi connectivity index (χ0v) is 8.94. The van der Waals surface area contributed by atoms with Crippen molar-refractivity contribution in [2.75, 3.05) is 0 Å². The van der Waals surface area contributed by atoms with Crippen LogP contribution in [-0.4, -0.2) is 8.24 Å². The molecule has 0 heterocycles. The Bertz CT molecular complexity index is 285. The van der Waals surface area contributed by atoms with E-state index in [-0.39, 0.29) is 0 Å². The molecule has 1 rings (SSSR count). The van der Waals surface area contributed by atoms with Gasteiger partial charge in [0, 0.05) is 11.3 Å². The van der Waals surface area contributed by atoms with Crippen molar-refractivity contribution in [2.24, 2.45) is 0 Å². The van der Waals surface area contributed by atoms with Crippen LogP contribution >= 0.6 is 0 Å². The highest BCUT2D eigenvalue weighted by Crippen LogP contribution is 2.13. The van der Waals surface area contributed by atoms with E-state index < -0.39 is 8.24 Å². The molecule has 0 saturated heterocycles. The van der Waals surface area contributed by atoms with Crippen LogP contribution in [0, 0.1) is 0 Å². The summed E-state index contributed by atoms with van der Waals surface area (Å²) >= 11 is 0. The van der Waals surface area contributed by atoms with E-state index in [1.165, 1.54) is 5.70 Å². The summed E-state index contributed by atoms with van der Waals surface area (Å²) in [5, 5.41) is 0. The maximum Gasteiger partial charge on any atom is 0.144 e. The molecule has 0 bridgehead atoms. The van der Waals surface area contributed by atoms with Gasteiger partial charge in [-0.3, -0.25) is 0 Å². The lowest BCUT2D eigenvalue weighted by molar-refractivity contribution is 1.18. The Hall–Kier alpha value is -0.983. The van der Waals surface area contributed by atoms with Gasteiger partial charge in [-0.05, 0) is 18.2 Å². The Morgan fingerprint density at radius 2 is 2.00 bits per heavy atom. The van der Waals surface area contributed by atoms with Crippen LogP contribution in [0.4, 0.5) is 0 Å². The van der Waals surface area contributed by atoms with Gasteiger partial charge in [0.25, 0.3) is 0 Å². The molecule has 0 saturated carbocycles. The second-order valence-corrected chi connectivity index (χ2v) is 8.69. The molecule has 0 radical (unpaired) electrons. The van der Waals surface area contributed by atoms with Gasteiger partial charge in [0.15, 0.2) is 0 Å². The summed E-state index contributed by atoms with van der Waals surface area (Å²) < 4.78 is 0. The number of hydrogen-bond donors (Lipinski definition) is 1. The van der Waals surface area contributed by atoms with Crippen molar-refractivity contribution in [3.05, 3.63) is 41.8 Å². The highest BCUT2D eigenvalue weighted by atomic mass is 28.3. The molecule has 0 aromatic heterocycles. The molecule has 1 aliphatic carbocycles. The predicted octanol–water partition coefficient (Wildman–Crippen LogP) is 2.58. The third-order valence-electron chi connectivity index (χ3n) is 1.48. The number of nitrogens with one attached hydrogen (secondary N) is 1. The Labute approximate surface area is 75.3 Å². The Balaban J connectivity index is 2.70. The van der Waals surface area contributed by atoms with Gasteiger partial charge < -0.3 is 4.98 Å². The van der Waals surface area contributed by atoms with Crippen molar-refractivity contribution in [3.63, 3.8) is 0 Å². The standard InChI is InChI=1S/C10H15NSi/c1-5-9-6-7-10(8-9)11-12(2,3)4/h6-8,11H,1H2,2-4H3. The fraction of sp³-hybridized carbons (Fsp3) is 0.300. The van der Waals surface area contributed by atoms with Gasteiger partial charge in [-0.1, -0.05) is 26.2 Å². The molecule has 1 N–H and O–H groups in total. The Kier molecular flexibility index (Phi) is 2.41. The summed E-state index contributed by atoms with van der Waals surface area (Å²) in [7, 11) is -1.20. The van der Waals surface area contributed by atoms with E-state index in [2.05, 4.69) is 49.1 Å².